The smallest absolute Gasteiger partial charge is 0.0253 e. The Hall–Kier alpha value is -0.0800. The maximum atomic E-state index is 6.65. The van der Waals surface area contributed by atoms with Crippen molar-refractivity contribution in [2.24, 2.45) is 17.6 Å². The van der Waals surface area contributed by atoms with E-state index in [0.29, 0.717) is 11.8 Å². The third-order valence-electron chi connectivity index (χ3n) is 4.46. The van der Waals surface area contributed by atoms with Crippen molar-refractivity contribution in [3.05, 3.63) is 23.8 Å². The molecule has 0 heterocycles. The number of alkyl halides is 1. The zero-order chi connectivity index (χ0) is 12.8. The lowest BCUT2D eigenvalue weighted by molar-refractivity contribution is 0.206. The molecule has 0 aromatic rings. The fourth-order valence-corrected chi connectivity index (χ4v) is 5.05. The number of halogens is 1. The maximum absolute atomic E-state index is 6.65. The van der Waals surface area contributed by atoms with Gasteiger partial charge in [-0.25, -0.2) is 0 Å². The molecule has 0 aromatic heterocycles. The number of rotatable bonds is 0. The van der Waals surface area contributed by atoms with Gasteiger partial charge in [0.2, 0.25) is 0 Å². The van der Waals surface area contributed by atoms with E-state index >= 15 is 0 Å². The van der Waals surface area contributed by atoms with Gasteiger partial charge in [-0.05, 0) is 62.5 Å². The lowest BCUT2D eigenvalue weighted by Crippen LogP contribution is -2.50. The first kappa shape index (κ1) is 13.4. The topological polar surface area (TPSA) is 26.0 Å². The Kier molecular flexibility index (Phi) is 3.33. The average molecular weight is 298 g/mol. The minimum atomic E-state index is -0.0196. The summed E-state index contributed by atoms with van der Waals surface area (Å²) in [5.41, 5.74) is 9.40. The van der Waals surface area contributed by atoms with Crippen LogP contribution in [0.15, 0.2) is 23.8 Å². The second-order valence-electron chi connectivity index (χ2n) is 6.43. The van der Waals surface area contributed by atoms with Crippen LogP contribution in [0.1, 0.15) is 46.5 Å². The molecule has 2 fully saturated rings. The van der Waals surface area contributed by atoms with Gasteiger partial charge < -0.3 is 5.73 Å². The van der Waals surface area contributed by atoms with Crippen LogP contribution in [-0.2, 0) is 0 Å². The standard InChI is InChI=1S/C15H24BrN/c1-5-13-10(2)6-15(17)8-12(11(13)3)7-14(4,16)9-15/h5,10,12H,3,6-9,17H2,1-2,4H3/b13-5-. The molecule has 96 valence electrons. The average Bonchev–Trinajstić information content (AvgIpc) is 2.19. The van der Waals surface area contributed by atoms with Gasteiger partial charge in [0.1, 0.15) is 0 Å². The van der Waals surface area contributed by atoms with Crippen LogP contribution in [0, 0.1) is 11.8 Å². The summed E-state index contributed by atoms with van der Waals surface area (Å²) in [6, 6.07) is 0. The molecular formula is C15H24BrN. The summed E-state index contributed by atoms with van der Waals surface area (Å²) in [5, 5.41) is 0. The van der Waals surface area contributed by atoms with Crippen LogP contribution < -0.4 is 5.73 Å². The van der Waals surface area contributed by atoms with E-state index in [1.54, 1.807) is 0 Å². The van der Waals surface area contributed by atoms with Gasteiger partial charge in [0.15, 0.2) is 0 Å². The van der Waals surface area contributed by atoms with E-state index in [9.17, 15) is 0 Å². The summed E-state index contributed by atoms with van der Waals surface area (Å²) in [4.78, 5) is 0. The van der Waals surface area contributed by atoms with Crippen molar-refractivity contribution < 1.29 is 0 Å². The molecule has 17 heavy (non-hydrogen) atoms. The number of hydrogen-bond acceptors (Lipinski definition) is 1. The molecule has 0 amide bonds. The van der Waals surface area contributed by atoms with Crippen molar-refractivity contribution in [3.8, 4) is 0 Å². The van der Waals surface area contributed by atoms with Gasteiger partial charge in [-0.1, -0.05) is 35.5 Å². The number of fused-ring (bicyclic) bond motifs is 2. The highest BCUT2D eigenvalue weighted by Gasteiger charge is 2.46. The van der Waals surface area contributed by atoms with Crippen molar-refractivity contribution in [1.29, 1.82) is 0 Å². The first-order valence-corrected chi connectivity index (χ1v) is 7.39. The SMILES string of the molecule is C=C1/C(=C\C)C(C)CC2(N)CC1CC(C)(Br)C2. The molecule has 2 rings (SSSR count). The van der Waals surface area contributed by atoms with Gasteiger partial charge in [-0.15, -0.1) is 0 Å². The molecule has 2 N–H and O–H groups in total. The summed E-state index contributed by atoms with van der Waals surface area (Å²) in [5.74, 6) is 1.10. The second-order valence-corrected chi connectivity index (χ2v) is 8.35. The third kappa shape index (κ3) is 2.53. The molecule has 2 aliphatic rings. The normalized spacial score (nSPS) is 49.2. The maximum Gasteiger partial charge on any atom is 0.0253 e. The molecule has 0 radical (unpaired) electrons. The third-order valence-corrected chi connectivity index (χ3v) is 5.07. The van der Waals surface area contributed by atoms with Crippen molar-refractivity contribution in [1.82, 2.24) is 0 Å². The number of nitrogens with two attached hydrogens (primary N) is 1. The van der Waals surface area contributed by atoms with Crippen LogP contribution in [0.5, 0.6) is 0 Å². The lowest BCUT2D eigenvalue weighted by atomic mass is 9.69. The molecule has 2 bridgehead atoms. The van der Waals surface area contributed by atoms with Crippen molar-refractivity contribution >= 4 is 15.9 Å². The molecule has 0 spiro atoms. The van der Waals surface area contributed by atoms with Gasteiger partial charge in [-0.3, -0.25) is 0 Å². The van der Waals surface area contributed by atoms with E-state index < -0.39 is 0 Å². The van der Waals surface area contributed by atoms with Crippen molar-refractivity contribution in [2.75, 3.05) is 0 Å². The summed E-state index contributed by atoms with van der Waals surface area (Å²) in [6.45, 7) is 11.0. The van der Waals surface area contributed by atoms with Gasteiger partial charge in [-0.2, -0.15) is 0 Å². The Balaban J connectivity index is 2.40. The molecule has 4 unspecified atom stereocenters. The van der Waals surface area contributed by atoms with E-state index in [1.807, 2.05) is 0 Å². The summed E-state index contributed by atoms with van der Waals surface area (Å²) < 4.78 is 0.177. The number of hydrogen-bond donors (Lipinski definition) is 1. The molecule has 0 aromatic carbocycles. The fraction of sp³-hybridized carbons (Fsp3) is 0.733. The van der Waals surface area contributed by atoms with Crippen LogP contribution in [-0.4, -0.2) is 9.86 Å². The Morgan fingerprint density at radius 2 is 2.06 bits per heavy atom. The summed E-state index contributed by atoms with van der Waals surface area (Å²) in [6.07, 6.45) is 6.67. The molecule has 2 heteroatoms. The van der Waals surface area contributed by atoms with E-state index in [4.69, 9.17) is 5.73 Å². The second kappa shape index (κ2) is 4.24. The van der Waals surface area contributed by atoms with Crippen molar-refractivity contribution in [3.63, 3.8) is 0 Å². The Bertz CT molecular complexity index is 369. The highest BCUT2D eigenvalue weighted by molar-refractivity contribution is 9.10. The zero-order valence-corrected chi connectivity index (χ0v) is 12.8. The van der Waals surface area contributed by atoms with E-state index in [2.05, 4.69) is 49.4 Å². The largest absolute Gasteiger partial charge is 0.325 e. The molecule has 4 atom stereocenters. The van der Waals surface area contributed by atoms with E-state index in [-0.39, 0.29) is 9.86 Å². The summed E-state index contributed by atoms with van der Waals surface area (Å²) >= 11 is 3.87. The van der Waals surface area contributed by atoms with Crippen LogP contribution in [0.3, 0.4) is 0 Å². The quantitative estimate of drug-likeness (QED) is 0.667. The molecule has 2 saturated carbocycles. The highest BCUT2D eigenvalue weighted by atomic mass is 79.9. The van der Waals surface area contributed by atoms with Crippen LogP contribution >= 0.6 is 15.9 Å². The van der Waals surface area contributed by atoms with Gasteiger partial charge >= 0.3 is 0 Å². The van der Waals surface area contributed by atoms with Gasteiger partial charge in [0, 0.05) is 9.86 Å². The first-order chi connectivity index (χ1) is 7.76. The Morgan fingerprint density at radius 3 is 2.65 bits per heavy atom. The van der Waals surface area contributed by atoms with Gasteiger partial charge in [0.05, 0.1) is 0 Å². The fourth-order valence-electron chi connectivity index (χ4n) is 4.10. The zero-order valence-electron chi connectivity index (χ0n) is 11.2. The van der Waals surface area contributed by atoms with Gasteiger partial charge in [0.25, 0.3) is 0 Å². The molecule has 2 aliphatic carbocycles. The Morgan fingerprint density at radius 1 is 1.41 bits per heavy atom. The Labute approximate surface area is 114 Å². The molecule has 0 aliphatic heterocycles. The minimum Gasteiger partial charge on any atom is -0.325 e. The minimum absolute atomic E-state index is 0.0196. The van der Waals surface area contributed by atoms with E-state index in [1.165, 1.54) is 11.1 Å². The van der Waals surface area contributed by atoms with Crippen LogP contribution in [0.4, 0.5) is 0 Å². The highest BCUT2D eigenvalue weighted by Crippen LogP contribution is 2.51. The lowest BCUT2D eigenvalue weighted by Gasteiger charge is -2.44. The first-order valence-electron chi connectivity index (χ1n) is 6.59. The van der Waals surface area contributed by atoms with Crippen molar-refractivity contribution in [2.45, 2.75) is 56.3 Å². The predicted octanol–water partition coefficient (Wildman–Crippen LogP) is 4.18. The molecular weight excluding hydrogens is 274 g/mol. The molecule has 1 nitrogen and oxygen atoms in total. The van der Waals surface area contributed by atoms with Crippen LogP contribution in [0.2, 0.25) is 0 Å². The van der Waals surface area contributed by atoms with Crippen LogP contribution in [0.25, 0.3) is 0 Å². The molecule has 0 saturated heterocycles. The predicted molar refractivity (Wildman–Crippen MR) is 78.3 cm³/mol. The summed E-state index contributed by atoms with van der Waals surface area (Å²) in [7, 11) is 0. The van der Waals surface area contributed by atoms with E-state index in [0.717, 1.165) is 25.7 Å². The monoisotopic (exact) mass is 297 g/mol. The number of allylic oxidation sites excluding steroid dienone is 3.